The Morgan fingerprint density at radius 2 is 2.19 bits per heavy atom. The van der Waals surface area contributed by atoms with Gasteiger partial charge in [0.05, 0.1) is 11.5 Å². The first-order valence-electron chi connectivity index (χ1n) is 8.44. The van der Waals surface area contributed by atoms with Crippen LogP contribution in [0.4, 0.5) is 4.79 Å². The third kappa shape index (κ3) is 4.10. The van der Waals surface area contributed by atoms with Gasteiger partial charge < -0.3 is 19.9 Å². The molecule has 1 aliphatic heterocycles. The minimum atomic E-state index is -0.468. The third-order valence-corrected chi connectivity index (χ3v) is 5.03. The summed E-state index contributed by atoms with van der Waals surface area (Å²) in [5, 5.41) is 4.73. The van der Waals surface area contributed by atoms with Crippen LogP contribution in [0.15, 0.2) is 28.5 Å². The molecular weight excluding hydrogens is 356 g/mol. The van der Waals surface area contributed by atoms with Gasteiger partial charge in [0.15, 0.2) is 0 Å². The summed E-state index contributed by atoms with van der Waals surface area (Å²) in [5.74, 6) is -0.00430. The number of piperidine rings is 1. The topological polar surface area (TPSA) is 104 Å². The number of carbonyl (C=O) groups excluding carboxylic acids is 2. The second kappa shape index (κ2) is 8.13. The van der Waals surface area contributed by atoms with Crippen LogP contribution < -0.4 is 10.9 Å². The van der Waals surface area contributed by atoms with Crippen LogP contribution in [0.5, 0.6) is 0 Å². The zero-order chi connectivity index (χ0) is 18.5. The van der Waals surface area contributed by atoms with Crippen LogP contribution in [-0.2, 0) is 4.74 Å². The van der Waals surface area contributed by atoms with Crippen molar-refractivity contribution in [3.63, 3.8) is 0 Å². The highest BCUT2D eigenvalue weighted by Crippen LogP contribution is 2.19. The van der Waals surface area contributed by atoms with Gasteiger partial charge in [-0.3, -0.25) is 9.59 Å². The van der Waals surface area contributed by atoms with Crippen molar-refractivity contribution >= 4 is 23.3 Å². The van der Waals surface area contributed by atoms with Gasteiger partial charge >= 0.3 is 6.09 Å². The van der Waals surface area contributed by atoms with E-state index in [1.54, 1.807) is 11.8 Å². The average Bonchev–Trinajstić information content (AvgIpc) is 3.17. The number of nitrogens with one attached hydrogen (secondary N) is 2. The average molecular weight is 376 g/mol. The second-order valence-electron chi connectivity index (χ2n) is 5.89. The van der Waals surface area contributed by atoms with Crippen molar-refractivity contribution in [2.75, 3.05) is 19.7 Å². The molecule has 0 aromatic carbocycles. The van der Waals surface area contributed by atoms with Crippen molar-refractivity contribution in [3.05, 3.63) is 39.6 Å². The summed E-state index contributed by atoms with van der Waals surface area (Å²) in [6, 6.07) is 3.62. The van der Waals surface area contributed by atoms with Crippen molar-refractivity contribution in [1.29, 1.82) is 0 Å². The van der Waals surface area contributed by atoms with E-state index >= 15 is 0 Å². The molecule has 3 rings (SSSR count). The molecule has 1 saturated heterocycles. The highest BCUT2D eigenvalue weighted by molar-refractivity contribution is 7.13. The molecule has 0 saturated carbocycles. The summed E-state index contributed by atoms with van der Waals surface area (Å²) in [6.07, 6.45) is 2.20. The number of nitrogens with zero attached hydrogens (tertiary/aromatic N) is 2. The van der Waals surface area contributed by atoms with Crippen molar-refractivity contribution in [2.45, 2.75) is 25.8 Å². The van der Waals surface area contributed by atoms with E-state index in [9.17, 15) is 14.4 Å². The fraction of sp³-hybridized carbons (Fsp3) is 0.412. The van der Waals surface area contributed by atoms with Gasteiger partial charge in [-0.05, 0) is 31.2 Å². The number of carbonyl (C=O) groups is 2. The first kappa shape index (κ1) is 18.1. The molecule has 2 amide bonds. The van der Waals surface area contributed by atoms with Crippen LogP contribution in [0.25, 0.3) is 10.7 Å². The molecule has 0 bridgehead atoms. The molecule has 8 nitrogen and oxygen atoms in total. The Hall–Kier alpha value is -2.68. The smallest absolute Gasteiger partial charge is 0.409 e. The number of hydrogen-bond donors (Lipinski definition) is 2. The molecule has 3 heterocycles. The van der Waals surface area contributed by atoms with Crippen molar-refractivity contribution in [2.24, 2.45) is 0 Å². The summed E-state index contributed by atoms with van der Waals surface area (Å²) in [7, 11) is 0. The molecule has 9 heteroatoms. The zero-order valence-electron chi connectivity index (χ0n) is 14.4. The number of hydrogen-bond acceptors (Lipinski definition) is 6. The van der Waals surface area contributed by atoms with Gasteiger partial charge in [-0.15, -0.1) is 11.3 Å². The van der Waals surface area contributed by atoms with E-state index in [1.165, 1.54) is 17.5 Å². The van der Waals surface area contributed by atoms with E-state index in [1.807, 2.05) is 17.5 Å². The molecule has 0 aliphatic carbocycles. The number of aromatic nitrogens is 2. The van der Waals surface area contributed by atoms with E-state index in [0.29, 0.717) is 38.4 Å². The lowest BCUT2D eigenvalue weighted by Gasteiger charge is -2.31. The highest BCUT2D eigenvalue weighted by atomic mass is 32.1. The van der Waals surface area contributed by atoms with Gasteiger partial charge in [-0.25, -0.2) is 9.78 Å². The SMILES string of the molecule is CCOC(=O)N1CCC(NC(=O)c2cnc(-c3cccs3)[nH]c2=O)CC1. The fourth-order valence-electron chi connectivity index (χ4n) is 2.78. The largest absolute Gasteiger partial charge is 0.450 e. The maximum absolute atomic E-state index is 12.4. The van der Waals surface area contributed by atoms with Crippen LogP contribution in [0.2, 0.25) is 0 Å². The third-order valence-electron chi connectivity index (χ3n) is 4.15. The second-order valence-corrected chi connectivity index (χ2v) is 6.83. The molecule has 2 aromatic heterocycles. The summed E-state index contributed by atoms with van der Waals surface area (Å²) >= 11 is 1.46. The van der Waals surface area contributed by atoms with Gasteiger partial charge in [0, 0.05) is 25.3 Å². The van der Waals surface area contributed by atoms with Gasteiger partial charge in [-0.1, -0.05) is 6.07 Å². The Morgan fingerprint density at radius 3 is 2.81 bits per heavy atom. The summed E-state index contributed by atoms with van der Waals surface area (Å²) in [5.41, 5.74) is -0.483. The Labute approximate surface area is 154 Å². The molecule has 0 spiro atoms. The first-order chi connectivity index (χ1) is 12.6. The van der Waals surface area contributed by atoms with E-state index in [-0.39, 0.29) is 17.7 Å². The van der Waals surface area contributed by atoms with E-state index in [2.05, 4.69) is 15.3 Å². The predicted octanol–water partition coefficient (Wildman–Crippen LogP) is 1.85. The van der Waals surface area contributed by atoms with Crippen LogP contribution in [0.1, 0.15) is 30.1 Å². The summed E-state index contributed by atoms with van der Waals surface area (Å²) < 4.78 is 4.97. The molecule has 26 heavy (non-hydrogen) atoms. The number of likely N-dealkylation sites (tertiary alicyclic amines) is 1. The number of thiophene rings is 1. The lowest BCUT2D eigenvalue weighted by molar-refractivity contribution is 0.0859. The monoisotopic (exact) mass is 376 g/mol. The standard InChI is InChI=1S/C17H20N4O4S/c1-2-25-17(24)21-7-5-11(6-8-21)19-15(22)12-10-18-14(20-16(12)23)13-4-3-9-26-13/h3-4,9-11H,2,5-8H2,1H3,(H,19,22)(H,18,20,23). The molecule has 1 fully saturated rings. The molecule has 0 unspecified atom stereocenters. The summed E-state index contributed by atoms with van der Waals surface area (Å²) in [6.45, 7) is 3.12. The van der Waals surface area contributed by atoms with Crippen molar-refractivity contribution in [3.8, 4) is 10.7 Å². The van der Waals surface area contributed by atoms with Crippen LogP contribution >= 0.6 is 11.3 Å². The Morgan fingerprint density at radius 1 is 1.42 bits per heavy atom. The van der Waals surface area contributed by atoms with Crippen molar-refractivity contribution in [1.82, 2.24) is 20.2 Å². The van der Waals surface area contributed by atoms with Crippen LogP contribution in [0.3, 0.4) is 0 Å². The molecule has 0 radical (unpaired) electrons. The zero-order valence-corrected chi connectivity index (χ0v) is 15.2. The molecule has 138 valence electrons. The number of H-pyrrole nitrogens is 1. The maximum Gasteiger partial charge on any atom is 0.409 e. The maximum atomic E-state index is 12.4. The number of amides is 2. The van der Waals surface area contributed by atoms with Gasteiger partial charge in [0.2, 0.25) is 0 Å². The van der Waals surface area contributed by atoms with Gasteiger partial charge in [-0.2, -0.15) is 0 Å². The van der Waals surface area contributed by atoms with Gasteiger partial charge in [0.25, 0.3) is 11.5 Å². The number of ether oxygens (including phenoxy) is 1. The van der Waals surface area contributed by atoms with E-state index in [4.69, 9.17) is 4.74 Å². The van der Waals surface area contributed by atoms with Gasteiger partial charge in [0.1, 0.15) is 11.4 Å². The Balaban J connectivity index is 1.59. The predicted molar refractivity (Wildman–Crippen MR) is 97.3 cm³/mol. The first-order valence-corrected chi connectivity index (χ1v) is 9.32. The quantitative estimate of drug-likeness (QED) is 0.847. The minimum Gasteiger partial charge on any atom is -0.450 e. The van der Waals surface area contributed by atoms with Crippen LogP contribution in [0, 0.1) is 0 Å². The van der Waals surface area contributed by atoms with E-state index in [0.717, 1.165) is 4.88 Å². The molecule has 0 atom stereocenters. The highest BCUT2D eigenvalue weighted by Gasteiger charge is 2.25. The lowest BCUT2D eigenvalue weighted by Crippen LogP contribution is -2.47. The molecule has 2 aromatic rings. The lowest BCUT2D eigenvalue weighted by atomic mass is 10.1. The van der Waals surface area contributed by atoms with Crippen LogP contribution in [-0.4, -0.2) is 52.6 Å². The normalized spacial score (nSPS) is 14.9. The number of rotatable bonds is 4. The van der Waals surface area contributed by atoms with Crippen molar-refractivity contribution < 1.29 is 14.3 Å². The minimum absolute atomic E-state index is 0.0156. The molecule has 1 aliphatic rings. The Bertz CT molecular complexity index is 826. The number of aromatic amines is 1. The molecular formula is C17H20N4O4S. The molecule has 2 N–H and O–H groups in total. The fourth-order valence-corrected chi connectivity index (χ4v) is 3.46. The van der Waals surface area contributed by atoms with E-state index < -0.39 is 11.5 Å². The Kier molecular flexibility index (Phi) is 5.67. The summed E-state index contributed by atoms with van der Waals surface area (Å²) in [4.78, 5) is 45.5.